The molecule has 4 nitrogen and oxygen atoms in total. The zero-order valence-electron chi connectivity index (χ0n) is 12.8. The maximum atomic E-state index is 12.1. The minimum absolute atomic E-state index is 0. The van der Waals surface area contributed by atoms with E-state index in [2.05, 4.69) is 29.7 Å². The van der Waals surface area contributed by atoms with Crippen molar-refractivity contribution in [2.45, 2.75) is 25.7 Å². The number of amides is 1. The van der Waals surface area contributed by atoms with Crippen molar-refractivity contribution in [1.82, 2.24) is 10.6 Å². The minimum Gasteiger partial charge on any atom is -0.383 e. The summed E-state index contributed by atoms with van der Waals surface area (Å²) in [5, 5.41) is 6.26. The number of piperidine rings is 1. The van der Waals surface area contributed by atoms with Crippen molar-refractivity contribution in [3.05, 3.63) is 34.9 Å². The highest BCUT2D eigenvalue weighted by Gasteiger charge is 2.18. The molecule has 0 unspecified atom stereocenters. The van der Waals surface area contributed by atoms with Gasteiger partial charge in [0.2, 0.25) is 0 Å². The molecule has 2 rings (SSSR count). The fraction of sp³-hybridized carbons (Fsp3) is 0.562. The van der Waals surface area contributed by atoms with E-state index in [0.717, 1.165) is 31.5 Å². The Morgan fingerprint density at radius 1 is 1.38 bits per heavy atom. The molecule has 118 valence electrons. The Kier molecular flexibility index (Phi) is 7.72. The van der Waals surface area contributed by atoms with Gasteiger partial charge in [-0.3, -0.25) is 4.79 Å². The first kappa shape index (κ1) is 18.0. The van der Waals surface area contributed by atoms with Crippen molar-refractivity contribution < 1.29 is 9.53 Å². The van der Waals surface area contributed by atoms with Crippen LogP contribution in [0, 0.1) is 6.92 Å². The molecule has 1 aliphatic heterocycles. The Balaban J connectivity index is 0.00000220. The van der Waals surface area contributed by atoms with Gasteiger partial charge in [-0.05, 0) is 62.0 Å². The van der Waals surface area contributed by atoms with Crippen LogP contribution in [0.5, 0.6) is 0 Å². The number of nitrogens with one attached hydrogen (secondary N) is 2. The van der Waals surface area contributed by atoms with Crippen molar-refractivity contribution in [1.29, 1.82) is 0 Å². The molecule has 0 aliphatic carbocycles. The minimum atomic E-state index is -0.0164. The third kappa shape index (κ3) is 4.99. The van der Waals surface area contributed by atoms with Gasteiger partial charge in [-0.1, -0.05) is 6.07 Å². The van der Waals surface area contributed by atoms with Gasteiger partial charge in [0.05, 0.1) is 6.61 Å². The van der Waals surface area contributed by atoms with Crippen LogP contribution in [0.1, 0.15) is 40.2 Å². The van der Waals surface area contributed by atoms with Gasteiger partial charge < -0.3 is 15.4 Å². The summed E-state index contributed by atoms with van der Waals surface area (Å²) in [5.41, 5.74) is 3.36. The van der Waals surface area contributed by atoms with Gasteiger partial charge in [0, 0.05) is 19.2 Å². The fourth-order valence-electron chi connectivity index (χ4n) is 2.72. The van der Waals surface area contributed by atoms with Gasteiger partial charge >= 0.3 is 0 Å². The lowest BCUT2D eigenvalue weighted by atomic mass is 9.86. The zero-order valence-corrected chi connectivity index (χ0v) is 13.6. The summed E-state index contributed by atoms with van der Waals surface area (Å²) in [6.07, 6.45) is 2.30. The van der Waals surface area contributed by atoms with E-state index < -0.39 is 0 Å². The first-order chi connectivity index (χ1) is 9.72. The van der Waals surface area contributed by atoms with E-state index in [0.29, 0.717) is 19.1 Å². The second-order valence-corrected chi connectivity index (χ2v) is 5.34. The predicted molar refractivity (Wildman–Crippen MR) is 87.5 cm³/mol. The largest absolute Gasteiger partial charge is 0.383 e. The van der Waals surface area contributed by atoms with Crippen LogP contribution in [0.4, 0.5) is 0 Å². The van der Waals surface area contributed by atoms with E-state index in [1.54, 1.807) is 7.11 Å². The Morgan fingerprint density at radius 3 is 2.76 bits per heavy atom. The van der Waals surface area contributed by atoms with Crippen molar-refractivity contribution in [3.63, 3.8) is 0 Å². The predicted octanol–water partition coefficient (Wildman–Crippen LogP) is 2.26. The summed E-state index contributed by atoms with van der Waals surface area (Å²) >= 11 is 0. The molecule has 0 radical (unpaired) electrons. The molecule has 0 aromatic heterocycles. The van der Waals surface area contributed by atoms with Gasteiger partial charge in [-0.2, -0.15) is 0 Å². The van der Waals surface area contributed by atoms with Crippen molar-refractivity contribution >= 4 is 18.3 Å². The second kappa shape index (κ2) is 9.03. The molecule has 1 aliphatic rings. The first-order valence-electron chi connectivity index (χ1n) is 7.30. The van der Waals surface area contributed by atoms with Crippen LogP contribution < -0.4 is 10.6 Å². The molecule has 1 amide bonds. The molecule has 1 aromatic rings. The SMILES string of the molecule is COCCNC(=O)c1ccc(C)c(C2CCNCC2)c1.Cl. The average molecular weight is 313 g/mol. The summed E-state index contributed by atoms with van der Waals surface area (Å²) in [5.74, 6) is 0.556. The molecule has 2 N–H and O–H groups in total. The maximum absolute atomic E-state index is 12.1. The molecule has 1 saturated heterocycles. The van der Waals surface area contributed by atoms with Crippen LogP contribution >= 0.6 is 12.4 Å². The first-order valence-corrected chi connectivity index (χ1v) is 7.30. The molecular formula is C16H25ClN2O2. The van der Waals surface area contributed by atoms with Gasteiger partial charge in [0.1, 0.15) is 0 Å². The topological polar surface area (TPSA) is 50.4 Å². The molecule has 0 spiro atoms. The number of hydrogen-bond acceptors (Lipinski definition) is 3. The Hall–Kier alpha value is -1.10. The Labute approximate surface area is 133 Å². The number of ether oxygens (including phenoxy) is 1. The lowest BCUT2D eigenvalue weighted by molar-refractivity contribution is 0.0937. The average Bonchev–Trinajstić information content (AvgIpc) is 2.49. The van der Waals surface area contributed by atoms with Crippen LogP contribution in [0.2, 0.25) is 0 Å². The van der Waals surface area contributed by atoms with Crippen LogP contribution in [-0.4, -0.2) is 39.3 Å². The number of aryl methyl sites for hydroxylation is 1. The lowest BCUT2D eigenvalue weighted by Gasteiger charge is -2.25. The Morgan fingerprint density at radius 2 is 2.10 bits per heavy atom. The van der Waals surface area contributed by atoms with E-state index in [1.807, 2.05) is 6.07 Å². The van der Waals surface area contributed by atoms with Crippen LogP contribution in [0.3, 0.4) is 0 Å². The summed E-state index contributed by atoms with van der Waals surface area (Å²) in [6.45, 7) is 5.34. The van der Waals surface area contributed by atoms with E-state index in [9.17, 15) is 4.79 Å². The van der Waals surface area contributed by atoms with Crippen LogP contribution in [-0.2, 0) is 4.74 Å². The van der Waals surface area contributed by atoms with Crippen LogP contribution in [0.15, 0.2) is 18.2 Å². The second-order valence-electron chi connectivity index (χ2n) is 5.34. The summed E-state index contributed by atoms with van der Waals surface area (Å²) < 4.78 is 4.94. The number of rotatable bonds is 5. The maximum Gasteiger partial charge on any atom is 0.251 e. The monoisotopic (exact) mass is 312 g/mol. The van der Waals surface area contributed by atoms with Crippen molar-refractivity contribution in [2.75, 3.05) is 33.4 Å². The van der Waals surface area contributed by atoms with Crippen molar-refractivity contribution in [2.24, 2.45) is 0 Å². The lowest BCUT2D eigenvalue weighted by Crippen LogP contribution is -2.28. The molecule has 1 fully saturated rings. The van der Waals surface area contributed by atoms with Gasteiger partial charge in [0.25, 0.3) is 5.91 Å². The zero-order chi connectivity index (χ0) is 14.4. The summed E-state index contributed by atoms with van der Waals surface area (Å²) in [4.78, 5) is 12.1. The standard InChI is InChI=1S/C16H24N2O2.ClH/c1-12-3-4-14(16(19)18-9-10-20-2)11-15(12)13-5-7-17-8-6-13;/h3-4,11,13,17H,5-10H2,1-2H3,(H,18,19);1H. The fourth-order valence-corrected chi connectivity index (χ4v) is 2.72. The summed E-state index contributed by atoms with van der Waals surface area (Å²) in [7, 11) is 1.63. The third-order valence-corrected chi connectivity index (χ3v) is 3.91. The van der Waals surface area contributed by atoms with Crippen molar-refractivity contribution in [3.8, 4) is 0 Å². The highest BCUT2D eigenvalue weighted by atomic mass is 35.5. The highest BCUT2D eigenvalue weighted by molar-refractivity contribution is 5.94. The van der Waals surface area contributed by atoms with Crippen LogP contribution in [0.25, 0.3) is 0 Å². The quantitative estimate of drug-likeness (QED) is 0.820. The van der Waals surface area contributed by atoms with E-state index in [4.69, 9.17) is 4.74 Å². The van der Waals surface area contributed by atoms with E-state index in [-0.39, 0.29) is 18.3 Å². The number of carbonyl (C=O) groups excluding carboxylic acids is 1. The molecule has 1 heterocycles. The molecule has 5 heteroatoms. The number of hydrogen-bond donors (Lipinski definition) is 2. The number of methoxy groups -OCH3 is 1. The molecule has 21 heavy (non-hydrogen) atoms. The molecule has 1 aromatic carbocycles. The number of carbonyl (C=O) groups is 1. The molecular weight excluding hydrogens is 288 g/mol. The van der Waals surface area contributed by atoms with Gasteiger partial charge in [-0.15, -0.1) is 12.4 Å². The normalized spacial score (nSPS) is 15.3. The smallest absolute Gasteiger partial charge is 0.251 e. The summed E-state index contributed by atoms with van der Waals surface area (Å²) in [6, 6.07) is 6.03. The number of halogens is 1. The molecule has 0 atom stereocenters. The van der Waals surface area contributed by atoms with E-state index in [1.165, 1.54) is 11.1 Å². The van der Waals surface area contributed by atoms with Gasteiger partial charge in [-0.25, -0.2) is 0 Å². The highest BCUT2D eigenvalue weighted by Crippen LogP contribution is 2.28. The molecule has 0 bridgehead atoms. The number of benzene rings is 1. The van der Waals surface area contributed by atoms with Gasteiger partial charge in [0.15, 0.2) is 0 Å². The Bertz CT molecular complexity index is 460. The van der Waals surface area contributed by atoms with E-state index >= 15 is 0 Å². The molecule has 0 saturated carbocycles. The third-order valence-electron chi connectivity index (χ3n) is 3.91.